The number of primary amides is 1. The molecule has 1 aliphatic rings. The van der Waals surface area contributed by atoms with Gasteiger partial charge in [0.2, 0.25) is 5.91 Å². The fraction of sp³-hybridized carbons (Fsp3) is 0.429. The van der Waals surface area contributed by atoms with E-state index in [0.29, 0.717) is 36.9 Å². The molecule has 3 amide bonds. The first-order chi connectivity index (χ1) is 9.97. The number of benzene rings is 1. The molecule has 0 radical (unpaired) electrons. The third kappa shape index (κ3) is 4.09. The van der Waals surface area contributed by atoms with Gasteiger partial charge in [-0.1, -0.05) is 11.6 Å². The molecule has 0 aromatic heterocycles. The van der Waals surface area contributed by atoms with E-state index >= 15 is 0 Å². The highest BCUT2D eigenvalue weighted by Gasteiger charge is 2.26. The maximum Gasteiger partial charge on any atom is 0.321 e. The minimum atomic E-state index is -0.339. The van der Waals surface area contributed by atoms with Crippen LogP contribution in [-0.4, -0.2) is 54.0 Å². The van der Waals surface area contributed by atoms with E-state index in [0.717, 1.165) is 0 Å². The molecule has 1 unspecified atom stereocenters. The summed E-state index contributed by atoms with van der Waals surface area (Å²) in [4.78, 5) is 27.0. The van der Waals surface area contributed by atoms with E-state index in [-0.39, 0.29) is 18.0 Å². The molecule has 2 rings (SSSR count). The van der Waals surface area contributed by atoms with Gasteiger partial charge in [0.1, 0.15) is 0 Å². The summed E-state index contributed by atoms with van der Waals surface area (Å²) in [7, 11) is 0. The zero-order valence-electron chi connectivity index (χ0n) is 11.9. The number of hydrogen-bond acceptors (Lipinski definition) is 3. The van der Waals surface area contributed by atoms with Gasteiger partial charge in [-0.2, -0.15) is 0 Å². The molecule has 1 heterocycles. The number of rotatable bonds is 3. The van der Waals surface area contributed by atoms with E-state index < -0.39 is 0 Å². The average molecular weight is 311 g/mol. The Kier molecular flexibility index (Phi) is 5.03. The van der Waals surface area contributed by atoms with E-state index in [1.807, 2.05) is 4.90 Å². The van der Waals surface area contributed by atoms with Crippen LogP contribution >= 0.6 is 11.6 Å². The zero-order chi connectivity index (χ0) is 15.4. The molecule has 1 atom stereocenters. The molecule has 114 valence electrons. The normalized spacial score (nSPS) is 17.3. The van der Waals surface area contributed by atoms with Gasteiger partial charge in [0.15, 0.2) is 0 Å². The number of nitrogens with one attached hydrogen (secondary N) is 1. The molecule has 1 aromatic carbocycles. The van der Waals surface area contributed by atoms with Gasteiger partial charge in [0.05, 0.1) is 6.04 Å². The van der Waals surface area contributed by atoms with Crippen LogP contribution in [0.1, 0.15) is 6.92 Å². The highest BCUT2D eigenvalue weighted by atomic mass is 35.5. The zero-order valence-corrected chi connectivity index (χ0v) is 12.6. The lowest BCUT2D eigenvalue weighted by molar-refractivity contribution is -0.123. The third-order valence-corrected chi connectivity index (χ3v) is 3.91. The van der Waals surface area contributed by atoms with Crippen molar-refractivity contribution in [2.24, 2.45) is 5.73 Å². The Morgan fingerprint density at radius 3 is 2.29 bits per heavy atom. The number of nitrogens with two attached hydrogens (primary N) is 1. The Bertz CT molecular complexity index is 512. The van der Waals surface area contributed by atoms with E-state index in [9.17, 15) is 9.59 Å². The summed E-state index contributed by atoms with van der Waals surface area (Å²) in [5.41, 5.74) is 6.00. The number of carbonyl (C=O) groups is 2. The number of amides is 3. The highest BCUT2D eigenvalue weighted by Crippen LogP contribution is 2.14. The van der Waals surface area contributed by atoms with Crippen LogP contribution < -0.4 is 11.1 Å². The smallest absolute Gasteiger partial charge is 0.321 e. The van der Waals surface area contributed by atoms with Crippen LogP contribution in [0, 0.1) is 0 Å². The van der Waals surface area contributed by atoms with E-state index in [1.54, 1.807) is 36.1 Å². The van der Waals surface area contributed by atoms with Gasteiger partial charge in [-0.25, -0.2) is 4.79 Å². The van der Waals surface area contributed by atoms with Crippen molar-refractivity contribution in [3.8, 4) is 0 Å². The second kappa shape index (κ2) is 6.78. The SMILES string of the molecule is CC(C(N)=O)N1CCN(C(=O)Nc2ccc(Cl)cc2)CC1. The minimum Gasteiger partial charge on any atom is -0.368 e. The van der Waals surface area contributed by atoms with Gasteiger partial charge < -0.3 is 16.0 Å². The first-order valence-corrected chi connectivity index (χ1v) is 7.20. The lowest BCUT2D eigenvalue weighted by Crippen LogP contribution is -2.55. The van der Waals surface area contributed by atoms with Crippen LogP contribution in [0.15, 0.2) is 24.3 Å². The summed E-state index contributed by atoms with van der Waals surface area (Å²) in [5.74, 6) is -0.339. The van der Waals surface area contributed by atoms with Crippen LogP contribution in [0.5, 0.6) is 0 Å². The molecular formula is C14H19ClN4O2. The van der Waals surface area contributed by atoms with E-state index in [1.165, 1.54) is 0 Å². The highest BCUT2D eigenvalue weighted by molar-refractivity contribution is 6.30. The Morgan fingerprint density at radius 2 is 1.76 bits per heavy atom. The van der Waals surface area contributed by atoms with Crippen molar-refractivity contribution >= 4 is 29.2 Å². The van der Waals surface area contributed by atoms with Gasteiger partial charge in [-0.15, -0.1) is 0 Å². The molecule has 0 aliphatic carbocycles. The van der Waals surface area contributed by atoms with Crippen molar-refractivity contribution < 1.29 is 9.59 Å². The number of halogens is 1. The van der Waals surface area contributed by atoms with Gasteiger partial charge in [0.25, 0.3) is 0 Å². The maximum atomic E-state index is 12.1. The van der Waals surface area contributed by atoms with Gasteiger partial charge in [-0.3, -0.25) is 9.69 Å². The molecular weight excluding hydrogens is 292 g/mol. The first kappa shape index (κ1) is 15.6. The number of piperazine rings is 1. The van der Waals surface area contributed by atoms with Crippen LogP contribution in [-0.2, 0) is 4.79 Å². The van der Waals surface area contributed by atoms with Crippen LogP contribution in [0.2, 0.25) is 5.02 Å². The number of carbonyl (C=O) groups excluding carboxylic acids is 2. The second-order valence-corrected chi connectivity index (χ2v) is 5.47. The summed E-state index contributed by atoms with van der Waals surface area (Å²) >= 11 is 5.80. The van der Waals surface area contributed by atoms with Crippen molar-refractivity contribution in [2.75, 3.05) is 31.5 Å². The molecule has 1 fully saturated rings. The number of hydrogen-bond donors (Lipinski definition) is 2. The van der Waals surface area contributed by atoms with Crippen molar-refractivity contribution in [2.45, 2.75) is 13.0 Å². The molecule has 6 nitrogen and oxygen atoms in total. The molecule has 1 aromatic rings. The molecule has 7 heteroatoms. The van der Waals surface area contributed by atoms with Crippen molar-refractivity contribution in [1.29, 1.82) is 0 Å². The lowest BCUT2D eigenvalue weighted by Gasteiger charge is -2.36. The van der Waals surface area contributed by atoms with Crippen molar-refractivity contribution in [3.05, 3.63) is 29.3 Å². The molecule has 0 spiro atoms. The quantitative estimate of drug-likeness (QED) is 0.885. The molecule has 0 saturated carbocycles. The number of urea groups is 1. The molecule has 1 aliphatic heterocycles. The molecule has 1 saturated heterocycles. The first-order valence-electron chi connectivity index (χ1n) is 6.82. The average Bonchev–Trinajstić information content (AvgIpc) is 2.49. The maximum absolute atomic E-state index is 12.1. The largest absolute Gasteiger partial charge is 0.368 e. The van der Waals surface area contributed by atoms with Crippen molar-refractivity contribution in [1.82, 2.24) is 9.80 Å². The monoisotopic (exact) mass is 310 g/mol. The van der Waals surface area contributed by atoms with Gasteiger partial charge >= 0.3 is 6.03 Å². The number of nitrogens with zero attached hydrogens (tertiary/aromatic N) is 2. The summed E-state index contributed by atoms with van der Waals surface area (Å²) in [6, 6.07) is 6.51. The fourth-order valence-electron chi connectivity index (χ4n) is 2.23. The predicted octanol–water partition coefficient (Wildman–Crippen LogP) is 1.36. The van der Waals surface area contributed by atoms with E-state index in [4.69, 9.17) is 17.3 Å². The van der Waals surface area contributed by atoms with Crippen molar-refractivity contribution in [3.63, 3.8) is 0 Å². The number of anilines is 1. The summed E-state index contributed by atoms with van der Waals surface area (Å²) in [6.07, 6.45) is 0. The standard InChI is InChI=1S/C14H19ClN4O2/c1-10(13(16)20)18-6-8-19(9-7-18)14(21)17-12-4-2-11(15)3-5-12/h2-5,10H,6-9H2,1H3,(H2,16,20)(H,17,21). The summed E-state index contributed by atoms with van der Waals surface area (Å²) < 4.78 is 0. The van der Waals surface area contributed by atoms with E-state index in [2.05, 4.69) is 5.32 Å². The molecule has 3 N–H and O–H groups in total. The fourth-order valence-corrected chi connectivity index (χ4v) is 2.35. The van der Waals surface area contributed by atoms with Crippen LogP contribution in [0.3, 0.4) is 0 Å². The topological polar surface area (TPSA) is 78.7 Å². The summed E-state index contributed by atoms with van der Waals surface area (Å²) in [5, 5.41) is 3.45. The third-order valence-electron chi connectivity index (χ3n) is 3.66. The second-order valence-electron chi connectivity index (χ2n) is 5.04. The Morgan fingerprint density at radius 1 is 1.19 bits per heavy atom. The van der Waals surface area contributed by atoms with Crippen LogP contribution in [0.25, 0.3) is 0 Å². The predicted molar refractivity (Wildman–Crippen MR) is 82.3 cm³/mol. The van der Waals surface area contributed by atoms with Crippen LogP contribution in [0.4, 0.5) is 10.5 Å². The lowest BCUT2D eigenvalue weighted by atomic mass is 10.2. The van der Waals surface area contributed by atoms with Gasteiger partial charge in [0, 0.05) is 36.9 Å². The Labute approximate surface area is 128 Å². The Hall–Kier alpha value is -1.79. The Balaban J connectivity index is 1.85. The molecule has 0 bridgehead atoms. The minimum absolute atomic E-state index is 0.149. The molecule has 21 heavy (non-hydrogen) atoms. The summed E-state index contributed by atoms with van der Waals surface area (Å²) in [6.45, 7) is 4.19. The van der Waals surface area contributed by atoms with Gasteiger partial charge in [-0.05, 0) is 31.2 Å².